The number of hydrogen-bond acceptors (Lipinski definition) is 6. The predicted molar refractivity (Wildman–Crippen MR) is 193 cm³/mol. The fourth-order valence-electron chi connectivity index (χ4n) is 4.40. The molecule has 0 aliphatic heterocycles. The van der Waals surface area contributed by atoms with Crippen LogP contribution in [0.15, 0.2) is 97.1 Å². The summed E-state index contributed by atoms with van der Waals surface area (Å²) in [7, 11) is 0. The molecular weight excluding hydrogens is 665 g/mol. The average Bonchev–Trinajstić information content (AvgIpc) is 3.08. The molecule has 0 saturated carbocycles. The molecule has 0 aliphatic rings. The number of halogens is 2. The topological polar surface area (TPSA) is 111 Å². The standard InChI is InChI=1S/C20H23ClO3.C19H20ClNO4/c1-4-20(3,19(22)23-5-2)24-18-12-8-16(9-13-18)14-15-6-10-17(21)11-7-15;1-19(2,18(23)24)25-16-9-3-13(4-10-16)11-12-21-17(22)14-5-7-15(20)8-6-14/h6-13H,4-5,14H2,1-3H3;3-10H,11-12H2,1-2H3,(H,21,22)(H,23,24). The van der Waals surface area contributed by atoms with E-state index in [1.807, 2.05) is 67.6 Å². The first-order valence-corrected chi connectivity index (χ1v) is 16.7. The summed E-state index contributed by atoms with van der Waals surface area (Å²) in [6.45, 7) is 9.28. The zero-order valence-corrected chi connectivity index (χ0v) is 29.9. The first-order valence-electron chi connectivity index (χ1n) is 16.0. The van der Waals surface area contributed by atoms with E-state index in [0.29, 0.717) is 48.1 Å². The van der Waals surface area contributed by atoms with Gasteiger partial charge in [-0.25, -0.2) is 9.59 Å². The Labute approximate surface area is 298 Å². The Balaban J connectivity index is 0.000000266. The maximum absolute atomic E-state index is 12.1. The van der Waals surface area contributed by atoms with Crippen LogP contribution < -0.4 is 14.8 Å². The minimum absolute atomic E-state index is 0.153. The van der Waals surface area contributed by atoms with Gasteiger partial charge in [-0.1, -0.05) is 66.5 Å². The highest BCUT2D eigenvalue weighted by atomic mass is 35.5. The monoisotopic (exact) mass is 707 g/mol. The van der Waals surface area contributed by atoms with Crippen LogP contribution in [0.2, 0.25) is 10.0 Å². The Kier molecular flexibility index (Phi) is 14.5. The van der Waals surface area contributed by atoms with Crippen molar-refractivity contribution in [1.82, 2.24) is 5.32 Å². The lowest BCUT2D eigenvalue weighted by molar-refractivity contribution is -0.160. The molecule has 1 unspecified atom stereocenters. The van der Waals surface area contributed by atoms with Crippen LogP contribution in [0.5, 0.6) is 11.5 Å². The maximum Gasteiger partial charge on any atom is 0.350 e. The van der Waals surface area contributed by atoms with Gasteiger partial charge in [0.05, 0.1) is 6.61 Å². The first kappa shape index (κ1) is 38.9. The van der Waals surface area contributed by atoms with Crippen LogP contribution in [0.4, 0.5) is 0 Å². The number of rotatable bonds is 14. The molecular formula is C39H43Cl2NO7. The van der Waals surface area contributed by atoms with Crippen molar-refractivity contribution in [2.45, 2.75) is 65.1 Å². The van der Waals surface area contributed by atoms with E-state index in [4.69, 9.17) is 42.5 Å². The molecule has 260 valence electrons. The van der Waals surface area contributed by atoms with Gasteiger partial charge in [-0.2, -0.15) is 0 Å². The number of carbonyl (C=O) groups is 3. The summed E-state index contributed by atoms with van der Waals surface area (Å²) >= 11 is 11.7. The Morgan fingerprint density at radius 1 is 0.694 bits per heavy atom. The van der Waals surface area contributed by atoms with Crippen molar-refractivity contribution < 1.29 is 33.7 Å². The van der Waals surface area contributed by atoms with E-state index in [2.05, 4.69) is 5.32 Å². The highest BCUT2D eigenvalue weighted by Gasteiger charge is 2.35. The number of hydrogen-bond donors (Lipinski definition) is 2. The normalized spacial score (nSPS) is 12.1. The molecule has 0 saturated heterocycles. The summed E-state index contributed by atoms with van der Waals surface area (Å²) in [6.07, 6.45) is 2.01. The van der Waals surface area contributed by atoms with Gasteiger partial charge in [0.15, 0.2) is 5.60 Å². The summed E-state index contributed by atoms with van der Waals surface area (Å²) in [6, 6.07) is 29.4. The van der Waals surface area contributed by atoms with Crippen molar-refractivity contribution in [2.24, 2.45) is 0 Å². The predicted octanol–water partition coefficient (Wildman–Crippen LogP) is 8.60. The first-order chi connectivity index (χ1) is 23.2. The van der Waals surface area contributed by atoms with Gasteiger partial charge in [0.1, 0.15) is 11.5 Å². The zero-order valence-electron chi connectivity index (χ0n) is 28.4. The molecule has 0 fully saturated rings. The molecule has 10 heteroatoms. The molecule has 8 nitrogen and oxygen atoms in total. The Hall–Kier alpha value is -4.53. The molecule has 0 radical (unpaired) electrons. The fourth-order valence-corrected chi connectivity index (χ4v) is 4.65. The molecule has 0 bridgehead atoms. The van der Waals surface area contributed by atoms with Crippen LogP contribution in [-0.4, -0.2) is 47.3 Å². The van der Waals surface area contributed by atoms with Crippen molar-refractivity contribution in [3.8, 4) is 11.5 Å². The number of carboxylic acid groups (broad SMARTS) is 1. The highest BCUT2D eigenvalue weighted by molar-refractivity contribution is 6.30. The van der Waals surface area contributed by atoms with Gasteiger partial charge >= 0.3 is 11.9 Å². The van der Waals surface area contributed by atoms with E-state index >= 15 is 0 Å². The molecule has 1 atom stereocenters. The van der Waals surface area contributed by atoms with Crippen molar-refractivity contribution in [3.63, 3.8) is 0 Å². The lowest BCUT2D eigenvalue weighted by atomic mass is 10.0. The van der Waals surface area contributed by atoms with Crippen LogP contribution in [0.25, 0.3) is 0 Å². The van der Waals surface area contributed by atoms with Crippen molar-refractivity contribution in [2.75, 3.05) is 13.2 Å². The largest absolute Gasteiger partial charge is 0.478 e. The molecule has 2 N–H and O–H groups in total. The molecule has 0 aliphatic carbocycles. The molecule has 4 aromatic rings. The smallest absolute Gasteiger partial charge is 0.350 e. The molecule has 1 amide bonds. The minimum Gasteiger partial charge on any atom is -0.478 e. The minimum atomic E-state index is -1.28. The molecule has 0 aromatic heterocycles. The van der Waals surface area contributed by atoms with Crippen molar-refractivity contribution in [1.29, 1.82) is 0 Å². The number of benzene rings is 4. The number of nitrogens with one attached hydrogen (secondary N) is 1. The van der Waals surface area contributed by atoms with Gasteiger partial charge in [-0.3, -0.25) is 4.79 Å². The number of ether oxygens (including phenoxy) is 3. The van der Waals surface area contributed by atoms with Gasteiger partial charge in [0.25, 0.3) is 5.91 Å². The highest BCUT2D eigenvalue weighted by Crippen LogP contribution is 2.24. The van der Waals surface area contributed by atoms with E-state index in [1.165, 1.54) is 25.0 Å². The number of carbonyl (C=O) groups excluding carboxylic acids is 2. The molecule has 49 heavy (non-hydrogen) atoms. The second-order valence-electron chi connectivity index (χ2n) is 11.9. The second kappa shape index (κ2) is 18.3. The summed E-state index contributed by atoms with van der Waals surface area (Å²) in [4.78, 5) is 35.1. The summed E-state index contributed by atoms with van der Waals surface area (Å²) in [5.41, 5.74) is 1.68. The van der Waals surface area contributed by atoms with Crippen LogP contribution in [0, 0.1) is 0 Å². The third kappa shape index (κ3) is 12.5. The van der Waals surface area contributed by atoms with Crippen LogP contribution in [0.3, 0.4) is 0 Å². The third-order valence-electron chi connectivity index (χ3n) is 7.59. The van der Waals surface area contributed by atoms with Gasteiger partial charge in [-0.05, 0) is 124 Å². The Morgan fingerprint density at radius 3 is 1.65 bits per heavy atom. The van der Waals surface area contributed by atoms with E-state index in [0.717, 1.165) is 17.0 Å². The van der Waals surface area contributed by atoms with Crippen LogP contribution in [-0.2, 0) is 27.2 Å². The summed E-state index contributed by atoms with van der Waals surface area (Å²) in [5.74, 6) is -0.368. The molecule has 0 spiro atoms. The van der Waals surface area contributed by atoms with Crippen molar-refractivity contribution >= 4 is 41.0 Å². The lowest BCUT2D eigenvalue weighted by Crippen LogP contribution is -2.42. The summed E-state index contributed by atoms with van der Waals surface area (Å²) in [5, 5.41) is 13.2. The quantitative estimate of drug-likeness (QED) is 0.126. The van der Waals surface area contributed by atoms with E-state index in [1.54, 1.807) is 50.2 Å². The molecule has 4 aromatic carbocycles. The fraction of sp³-hybridized carbons (Fsp3) is 0.308. The SMILES string of the molecule is CC(C)(Oc1ccc(CCNC(=O)c2ccc(Cl)cc2)cc1)C(=O)O.CCOC(=O)C(C)(CC)Oc1ccc(Cc2ccc(Cl)cc2)cc1. The molecule has 0 heterocycles. The Bertz CT molecular complexity index is 1660. The van der Waals surface area contributed by atoms with E-state index in [9.17, 15) is 14.4 Å². The van der Waals surface area contributed by atoms with Crippen molar-refractivity contribution in [3.05, 3.63) is 129 Å². The zero-order chi connectivity index (χ0) is 36.0. The van der Waals surface area contributed by atoms with Crippen LogP contribution in [0.1, 0.15) is 68.1 Å². The number of amides is 1. The van der Waals surface area contributed by atoms with E-state index < -0.39 is 17.2 Å². The summed E-state index contributed by atoms with van der Waals surface area (Å²) < 4.78 is 16.5. The maximum atomic E-state index is 12.1. The Morgan fingerprint density at radius 2 is 1.16 bits per heavy atom. The third-order valence-corrected chi connectivity index (χ3v) is 8.09. The number of aliphatic carboxylic acids is 1. The van der Waals surface area contributed by atoms with Crippen LogP contribution >= 0.6 is 23.2 Å². The second-order valence-corrected chi connectivity index (χ2v) is 12.8. The lowest BCUT2D eigenvalue weighted by Gasteiger charge is -2.27. The molecule has 4 rings (SSSR count). The number of carboxylic acids is 1. The van der Waals surface area contributed by atoms with Gasteiger partial charge < -0.3 is 24.6 Å². The van der Waals surface area contributed by atoms with E-state index in [-0.39, 0.29) is 11.9 Å². The van der Waals surface area contributed by atoms with Gasteiger partial charge in [0.2, 0.25) is 5.60 Å². The van der Waals surface area contributed by atoms with Gasteiger partial charge in [-0.15, -0.1) is 0 Å². The average molecular weight is 709 g/mol. The van der Waals surface area contributed by atoms with Gasteiger partial charge in [0, 0.05) is 22.2 Å². The number of esters is 1.